The van der Waals surface area contributed by atoms with Gasteiger partial charge in [0, 0.05) is 25.3 Å². The van der Waals surface area contributed by atoms with Crippen LogP contribution in [0.4, 0.5) is 0 Å². The Bertz CT molecular complexity index is 651. The van der Waals surface area contributed by atoms with E-state index in [0.717, 1.165) is 25.9 Å². The van der Waals surface area contributed by atoms with Gasteiger partial charge in [0.15, 0.2) is 0 Å². The van der Waals surface area contributed by atoms with Crippen LogP contribution >= 0.6 is 0 Å². The van der Waals surface area contributed by atoms with Crippen LogP contribution in [0.25, 0.3) is 0 Å². The first-order valence-corrected chi connectivity index (χ1v) is 9.01. The van der Waals surface area contributed by atoms with Crippen LogP contribution < -0.4 is 4.72 Å². The minimum absolute atomic E-state index is 0.236. The Morgan fingerprint density at radius 1 is 1.36 bits per heavy atom. The average molecular weight is 324 g/mol. The third-order valence-corrected chi connectivity index (χ3v) is 5.10. The van der Waals surface area contributed by atoms with Crippen molar-refractivity contribution in [3.63, 3.8) is 0 Å². The second-order valence-corrected chi connectivity index (χ2v) is 7.05. The van der Waals surface area contributed by atoms with Crippen LogP contribution in [0.5, 0.6) is 0 Å². The van der Waals surface area contributed by atoms with E-state index in [-0.39, 0.29) is 6.10 Å². The molecule has 2 aliphatic heterocycles. The third-order valence-electron chi connectivity index (χ3n) is 3.71. The van der Waals surface area contributed by atoms with Crippen molar-refractivity contribution in [3.05, 3.63) is 29.8 Å². The van der Waals surface area contributed by atoms with Gasteiger partial charge in [0.05, 0.1) is 17.6 Å². The highest BCUT2D eigenvalue weighted by atomic mass is 32.2. The molecule has 1 aromatic carbocycles. The van der Waals surface area contributed by atoms with Crippen LogP contribution in [0, 0.1) is 0 Å². The molecule has 2 heterocycles. The fourth-order valence-corrected chi connectivity index (χ4v) is 3.85. The first kappa shape index (κ1) is 15.5. The maximum atomic E-state index is 11.9. The molecule has 0 bridgehead atoms. The van der Waals surface area contributed by atoms with Crippen molar-refractivity contribution in [3.8, 4) is 0 Å². The highest BCUT2D eigenvalue weighted by Gasteiger charge is 2.29. The molecule has 0 aliphatic carbocycles. The van der Waals surface area contributed by atoms with Crippen molar-refractivity contribution in [1.82, 2.24) is 4.72 Å². The number of hydrogen-bond donors (Lipinski definition) is 1. The van der Waals surface area contributed by atoms with E-state index < -0.39 is 10.0 Å². The molecular formula is C15H20N2O4S. The fraction of sp³-hybridized carbons (Fsp3) is 0.533. The normalized spacial score (nSPS) is 24.4. The van der Waals surface area contributed by atoms with Gasteiger partial charge in [-0.05, 0) is 31.4 Å². The molecule has 2 aliphatic rings. The Morgan fingerprint density at radius 3 is 3.05 bits per heavy atom. The van der Waals surface area contributed by atoms with Crippen LogP contribution in [0.1, 0.15) is 24.8 Å². The fourth-order valence-electron chi connectivity index (χ4n) is 2.60. The van der Waals surface area contributed by atoms with Crippen LogP contribution in [0.3, 0.4) is 0 Å². The van der Waals surface area contributed by atoms with Crippen LogP contribution in [0.2, 0.25) is 0 Å². The molecule has 7 heteroatoms. The quantitative estimate of drug-likeness (QED) is 0.801. The highest BCUT2D eigenvalue weighted by Crippen LogP contribution is 2.22. The van der Waals surface area contributed by atoms with Crippen molar-refractivity contribution in [1.29, 1.82) is 0 Å². The molecule has 120 valence electrons. The van der Waals surface area contributed by atoms with E-state index in [9.17, 15) is 8.42 Å². The van der Waals surface area contributed by atoms with E-state index in [0.29, 0.717) is 36.1 Å². The molecule has 1 saturated heterocycles. The molecule has 0 amide bonds. The Morgan fingerprint density at radius 2 is 2.23 bits per heavy atom. The lowest BCUT2D eigenvalue weighted by atomic mass is 10.2. The maximum absolute atomic E-state index is 11.9. The summed E-state index contributed by atoms with van der Waals surface area (Å²) in [5.74, 6) is 0.426. The molecule has 1 atom stereocenters. The van der Waals surface area contributed by atoms with Gasteiger partial charge in [-0.15, -0.1) is 0 Å². The molecule has 1 aromatic rings. The average Bonchev–Trinajstić information content (AvgIpc) is 3.10. The van der Waals surface area contributed by atoms with Gasteiger partial charge in [-0.2, -0.15) is 0 Å². The molecule has 0 unspecified atom stereocenters. The van der Waals surface area contributed by atoms with Crippen molar-refractivity contribution in [2.45, 2.75) is 30.3 Å². The van der Waals surface area contributed by atoms with Gasteiger partial charge < -0.3 is 9.47 Å². The Hall–Kier alpha value is -1.44. The zero-order chi connectivity index (χ0) is 15.4. The number of hydrogen-bond acceptors (Lipinski definition) is 5. The first-order chi connectivity index (χ1) is 10.7. The van der Waals surface area contributed by atoms with E-state index >= 15 is 0 Å². The van der Waals surface area contributed by atoms with Gasteiger partial charge in [-0.25, -0.2) is 8.42 Å². The Labute approximate surface area is 130 Å². The minimum atomic E-state index is -3.44. The van der Waals surface area contributed by atoms with Gasteiger partial charge in [0.2, 0.25) is 0 Å². The second-order valence-electron chi connectivity index (χ2n) is 5.40. The third kappa shape index (κ3) is 3.48. The number of nitrogens with zero attached hydrogens (tertiary/aromatic N) is 1. The topological polar surface area (TPSA) is 77.0 Å². The standard InChI is InChI=1S/C15H20N2O4S/c18-22(19)14-7-2-1-6-13(14)15(17-22)16-8-4-9-20-11-12-5-3-10-21-12/h1-2,6-7,12H,3-5,8-11H2,(H,16,17)/t12-/m0/s1. The number of rotatable bonds is 6. The van der Waals surface area contributed by atoms with Gasteiger partial charge in [-0.3, -0.25) is 9.71 Å². The summed E-state index contributed by atoms with van der Waals surface area (Å²) >= 11 is 0. The number of aliphatic imine (C=N–C) groups is 1. The lowest BCUT2D eigenvalue weighted by Gasteiger charge is -2.09. The number of amidine groups is 1. The second kappa shape index (κ2) is 6.76. The molecule has 22 heavy (non-hydrogen) atoms. The summed E-state index contributed by atoms with van der Waals surface area (Å²) in [4.78, 5) is 4.64. The van der Waals surface area contributed by atoms with Gasteiger partial charge in [-0.1, -0.05) is 12.1 Å². The minimum Gasteiger partial charge on any atom is -0.379 e. The summed E-state index contributed by atoms with van der Waals surface area (Å²) in [6, 6.07) is 6.87. The molecule has 0 radical (unpaired) electrons. The molecular weight excluding hydrogens is 304 g/mol. The van der Waals surface area contributed by atoms with E-state index in [4.69, 9.17) is 9.47 Å². The van der Waals surface area contributed by atoms with E-state index in [1.54, 1.807) is 18.2 Å². The number of sulfonamides is 1. The van der Waals surface area contributed by atoms with Crippen molar-refractivity contribution in [2.75, 3.05) is 26.4 Å². The molecule has 3 rings (SSSR count). The zero-order valence-corrected chi connectivity index (χ0v) is 13.1. The predicted molar refractivity (Wildman–Crippen MR) is 82.6 cm³/mol. The van der Waals surface area contributed by atoms with Gasteiger partial charge >= 0.3 is 0 Å². The smallest absolute Gasteiger partial charge is 0.263 e. The number of benzene rings is 1. The summed E-state index contributed by atoms with van der Waals surface area (Å²) in [5.41, 5.74) is 0.641. The lowest BCUT2D eigenvalue weighted by Crippen LogP contribution is -2.22. The summed E-state index contributed by atoms with van der Waals surface area (Å²) in [6.07, 6.45) is 3.17. The molecule has 1 N–H and O–H groups in total. The molecule has 0 spiro atoms. The molecule has 0 aromatic heterocycles. The van der Waals surface area contributed by atoms with E-state index in [2.05, 4.69) is 9.71 Å². The SMILES string of the molecule is O=S1(=O)NC(=NCCCOC[C@@H]2CCCO2)c2ccccc21. The van der Waals surface area contributed by atoms with Gasteiger partial charge in [0.1, 0.15) is 5.84 Å². The zero-order valence-electron chi connectivity index (χ0n) is 12.3. The van der Waals surface area contributed by atoms with E-state index in [1.807, 2.05) is 6.07 Å². The van der Waals surface area contributed by atoms with Crippen LogP contribution in [0.15, 0.2) is 34.2 Å². The van der Waals surface area contributed by atoms with Gasteiger partial charge in [0.25, 0.3) is 10.0 Å². The summed E-state index contributed by atoms with van der Waals surface area (Å²) in [7, 11) is -3.44. The largest absolute Gasteiger partial charge is 0.379 e. The highest BCUT2D eigenvalue weighted by molar-refractivity contribution is 7.90. The maximum Gasteiger partial charge on any atom is 0.263 e. The summed E-state index contributed by atoms with van der Waals surface area (Å²) < 4.78 is 37.4. The number of nitrogens with one attached hydrogen (secondary N) is 1. The predicted octanol–water partition coefficient (Wildman–Crippen LogP) is 1.31. The van der Waals surface area contributed by atoms with Crippen molar-refractivity contribution in [2.24, 2.45) is 4.99 Å². The Balaban J connectivity index is 1.47. The van der Waals surface area contributed by atoms with Crippen molar-refractivity contribution >= 4 is 15.9 Å². The van der Waals surface area contributed by atoms with Crippen LogP contribution in [-0.2, 0) is 19.5 Å². The first-order valence-electron chi connectivity index (χ1n) is 7.53. The van der Waals surface area contributed by atoms with E-state index in [1.165, 1.54) is 0 Å². The Kier molecular flexibility index (Phi) is 4.75. The summed E-state index contributed by atoms with van der Waals surface area (Å²) in [5, 5.41) is 0. The van der Waals surface area contributed by atoms with Crippen LogP contribution in [-0.4, -0.2) is 46.7 Å². The number of ether oxygens (including phenoxy) is 2. The number of fused-ring (bicyclic) bond motifs is 1. The lowest BCUT2D eigenvalue weighted by molar-refractivity contribution is 0.0171. The molecule has 1 fully saturated rings. The van der Waals surface area contributed by atoms with Crippen molar-refractivity contribution < 1.29 is 17.9 Å². The summed E-state index contributed by atoms with van der Waals surface area (Å²) in [6.45, 7) is 2.59. The molecule has 0 saturated carbocycles. The molecule has 6 nitrogen and oxygen atoms in total. The monoisotopic (exact) mass is 324 g/mol.